The summed E-state index contributed by atoms with van der Waals surface area (Å²) in [5.41, 5.74) is 1.51. The Hall–Kier alpha value is -1.79. The van der Waals surface area contributed by atoms with Gasteiger partial charge in [0, 0.05) is 27.5 Å². The van der Waals surface area contributed by atoms with Crippen LogP contribution in [-0.4, -0.2) is 11.0 Å². The lowest BCUT2D eigenvalue weighted by Gasteiger charge is -2.20. The van der Waals surface area contributed by atoms with Gasteiger partial charge >= 0.3 is 0 Å². The minimum atomic E-state index is -1.37. The first-order valence-corrected chi connectivity index (χ1v) is 8.22. The first-order chi connectivity index (χ1) is 10.6. The Morgan fingerprint density at radius 2 is 1.86 bits per heavy atom. The SMILES string of the molecule is O=S(Cc1ccccc1F)Cc1cc(F)cc2c1OCOC2. The summed E-state index contributed by atoms with van der Waals surface area (Å²) in [4.78, 5) is 0. The summed E-state index contributed by atoms with van der Waals surface area (Å²) in [6.45, 7) is 0.353. The second-order valence-electron chi connectivity index (χ2n) is 4.98. The molecule has 0 amide bonds. The number of ether oxygens (including phenoxy) is 2. The van der Waals surface area contributed by atoms with Gasteiger partial charge in [0.05, 0.1) is 18.1 Å². The van der Waals surface area contributed by atoms with Gasteiger partial charge in [0.1, 0.15) is 17.4 Å². The van der Waals surface area contributed by atoms with E-state index in [1.54, 1.807) is 18.2 Å². The van der Waals surface area contributed by atoms with Gasteiger partial charge in [-0.25, -0.2) is 8.78 Å². The molecule has 0 aromatic heterocycles. The zero-order chi connectivity index (χ0) is 15.5. The highest BCUT2D eigenvalue weighted by Crippen LogP contribution is 2.30. The fraction of sp³-hybridized carbons (Fsp3) is 0.250. The Balaban J connectivity index is 1.80. The van der Waals surface area contributed by atoms with Crippen molar-refractivity contribution in [3.05, 3.63) is 64.7 Å². The van der Waals surface area contributed by atoms with Crippen LogP contribution in [0, 0.1) is 11.6 Å². The lowest BCUT2D eigenvalue weighted by atomic mass is 10.1. The minimum Gasteiger partial charge on any atom is -0.467 e. The van der Waals surface area contributed by atoms with Crippen LogP contribution in [0.3, 0.4) is 0 Å². The molecule has 0 saturated carbocycles. The fourth-order valence-electron chi connectivity index (χ4n) is 2.38. The van der Waals surface area contributed by atoms with E-state index in [0.717, 1.165) is 0 Å². The van der Waals surface area contributed by atoms with Crippen molar-refractivity contribution in [1.29, 1.82) is 0 Å². The van der Waals surface area contributed by atoms with Gasteiger partial charge < -0.3 is 9.47 Å². The van der Waals surface area contributed by atoms with E-state index < -0.39 is 16.6 Å². The van der Waals surface area contributed by atoms with E-state index in [1.165, 1.54) is 18.2 Å². The van der Waals surface area contributed by atoms with Crippen LogP contribution in [0.5, 0.6) is 5.75 Å². The summed E-state index contributed by atoms with van der Waals surface area (Å²) in [6.07, 6.45) is 0. The van der Waals surface area contributed by atoms with E-state index in [0.29, 0.717) is 22.4 Å². The molecule has 0 N–H and O–H groups in total. The lowest BCUT2D eigenvalue weighted by Crippen LogP contribution is -2.14. The highest BCUT2D eigenvalue weighted by molar-refractivity contribution is 7.83. The van der Waals surface area contributed by atoms with Gasteiger partial charge in [0.15, 0.2) is 6.79 Å². The van der Waals surface area contributed by atoms with Gasteiger partial charge in [-0.05, 0) is 18.2 Å². The summed E-state index contributed by atoms with van der Waals surface area (Å²) in [5, 5.41) is 0. The van der Waals surface area contributed by atoms with Gasteiger partial charge in [-0.15, -0.1) is 0 Å². The zero-order valence-corrected chi connectivity index (χ0v) is 12.5. The molecule has 0 radical (unpaired) electrons. The normalized spacial score (nSPS) is 15.0. The minimum absolute atomic E-state index is 0.0778. The Labute approximate surface area is 129 Å². The van der Waals surface area contributed by atoms with Crippen molar-refractivity contribution in [1.82, 2.24) is 0 Å². The van der Waals surface area contributed by atoms with Crippen molar-refractivity contribution in [3.8, 4) is 5.75 Å². The number of hydrogen-bond acceptors (Lipinski definition) is 3. The summed E-state index contributed by atoms with van der Waals surface area (Å²) >= 11 is 0. The largest absolute Gasteiger partial charge is 0.467 e. The average molecular weight is 324 g/mol. The highest BCUT2D eigenvalue weighted by atomic mass is 32.2. The molecule has 3 rings (SSSR count). The van der Waals surface area contributed by atoms with Crippen molar-refractivity contribution in [2.75, 3.05) is 6.79 Å². The Morgan fingerprint density at radius 3 is 2.68 bits per heavy atom. The predicted octanol–water partition coefficient (Wildman–Crippen LogP) is 3.28. The second kappa shape index (κ2) is 6.54. The van der Waals surface area contributed by atoms with E-state index in [1.807, 2.05) is 0 Å². The zero-order valence-electron chi connectivity index (χ0n) is 11.7. The first-order valence-electron chi connectivity index (χ1n) is 6.73. The molecule has 1 unspecified atom stereocenters. The molecule has 0 aliphatic carbocycles. The van der Waals surface area contributed by atoms with Gasteiger partial charge in [-0.3, -0.25) is 4.21 Å². The molecule has 6 heteroatoms. The van der Waals surface area contributed by atoms with Crippen molar-refractivity contribution in [2.24, 2.45) is 0 Å². The smallest absolute Gasteiger partial charge is 0.189 e. The van der Waals surface area contributed by atoms with Crippen molar-refractivity contribution >= 4 is 10.8 Å². The van der Waals surface area contributed by atoms with Gasteiger partial charge in [-0.1, -0.05) is 18.2 Å². The Kier molecular flexibility index (Phi) is 4.49. The standard InChI is InChI=1S/C16H14F2O3S/c17-14-5-12-7-20-10-21-16(12)13(6-14)9-22(19)8-11-3-1-2-4-15(11)18/h1-6H,7-10H2. The molecule has 3 nitrogen and oxygen atoms in total. The van der Waals surface area contributed by atoms with Crippen LogP contribution in [0.25, 0.3) is 0 Å². The summed E-state index contributed by atoms with van der Waals surface area (Å²) in [7, 11) is -1.37. The molecule has 2 aromatic rings. The van der Waals surface area contributed by atoms with E-state index >= 15 is 0 Å². The van der Waals surface area contributed by atoms with Crippen molar-refractivity contribution in [2.45, 2.75) is 18.1 Å². The monoisotopic (exact) mass is 324 g/mol. The van der Waals surface area contributed by atoms with Crippen LogP contribution in [0.2, 0.25) is 0 Å². The van der Waals surface area contributed by atoms with Gasteiger partial charge in [-0.2, -0.15) is 0 Å². The van der Waals surface area contributed by atoms with Crippen LogP contribution < -0.4 is 4.74 Å². The molecular formula is C16H14F2O3S. The molecular weight excluding hydrogens is 310 g/mol. The van der Waals surface area contributed by atoms with E-state index in [-0.39, 0.29) is 30.7 Å². The molecule has 116 valence electrons. The van der Waals surface area contributed by atoms with Crippen LogP contribution in [0.15, 0.2) is 36.4 Å². The summed E-state index contributed by atoms with van der Waals surface area (Å²) < 4.78 is 50.0. The van der Waals surface area contributed by atoms with Gasteiger partial charge in [0.25, 0.3) is 0 Å². The number of benzene rings is 2. The first kappa shape index (κ1) is 15.1. The van der Waals surface area contributed by atoms with Gasteiger partial charge in [0.2, 0.25) is 0 Å². The molecule has 1 aliphatic rings. The molecule has 0 spiro atoms. The van der Waals surface area contributed by atoms with Crippen molar-refractivity contribution < 1.29 is 22.5 Å². The number of fused-ring (bicyclic) bond motifs is 1. The molecule has 0 bridgehead atoms. The van der Waals surface area contributed by atoms with Crippen molar-refractivity contribution in [3.63, 3.8) is 0 Å². The quantitative estimate of drug-likeness (QED) is 0.866. The lowest BCUT2D eigenvalue weighted by molar-refractivity contribution is -0.0171. The molecule has 1 atom stereocenters. The third kappa shape index (κ3) is 3.34. The fourth-order valence-corrected chi connectivity index (χ4v) is 3.62. The molecule has 0 saturated heterocycles. The maximum atomic E-state index is 13.6. The number of halogens is 2. The third-order valence-corrected chi connectivity index (χ3v) is 4.61. The second-order valence-corrected chi connectivity index (χ2v) is 6.44. The Bertz CT molecular complexity index is 719. The molecule has 2 aromatic carbocycles. The molecule has 1 aliphatic heterocycles. The van der Waals surface area contributed by atoms with E-state index in [9.17, 15) is 13.0 Å². The maximum Gasteiger partial charge on any atom is 0.189 e. The molecule has 22 heavy (non-hydrogen) atoms. The highest BCUT2D eigenvalue weighted by Gasteiger charge is 2.19. The number of rotatable bonds is 4. The number of hydrogen-bond donors (Lipinski definition) is 0. The predicted molar refractivity (Wildman–Crippen MR) is 78.6 cm³/mol. The van der Waals surface area contributed by atoms with E-state index in [2.05, 4.69) is 0 Å². The van der Waals surface area contributed by atoms with Crippen LogP contribution in [0.4, 0.5) is 8.78 Å². The van der Waals surface area contributed by atoms with E-state index in [4.69, 9.17) is 9.47 Å². The third-order valence-electron chi connectivity index (χ3n) is 3.34. The van der Waals surface area contributed by atoms with Crippen LogP contribution in [0.1, 0.15) is 16.7 Å². The summed E-state index contributed by atoms with van der Waals surface area (Å²) in [5.74, 6) is -0.106. The summed E-state index contributed by atoms with van der Waals surface area (Å²) in [6, 6.07) is 8.86. The van der Waals surface area contributed by atoms with Crippen LogP contribution in [-0.2, 0) is 33.6 Å². The maximum absolute atomic E-state index is 13.6. The molecule has 0 fully saturated rings. The average Bonchev–Trinajstić information content (AvgIpc) is 2.49. The Morgan fingerprint density at radius 1 is 1.09 bits per heavy atom. The van der Waals surface area contributed by atoms with Crippen LogP contribution >= 0.6 is 0 Å². The molecule has 1 heterocycles. The topological polar surface area (TPSA) is 35.5 Å².